The summed E-state index contributed by atoms with van der Waals surface area (Å²) in [5, 5.41) is 0.929. The molecule has 4 aromatic rings. The topological polar surface area (TPSA) is 29.8 Å². The van der Waals surface area contributed by atoms with Crippen molar-refractivity contribution in [3.8, 4) is 0 Å². The van der Waals surface area contributed by atoms with Crippen LogP contribution in [0.2, 0.25) is 0 Å². The summed E-state index contributed by atoms with van der Waals surface area (Å²) in [6, 6.07) is 17.5. The van der Waals surface area contributed by atoms with Gasteiger partial charge in [0, 0.05) is 28.2 Å². The van der Waals surface area contributed by atoms with E-state index in [1.165, 1.54) is 18.2 Å². The van der Waals surface area contributed by atoms with Gasteiger partial charge in [0.15, 0.2) is 12.0 Å². The second-order valence-electron chi connectivity index (χ2n) is 7.06. The van der Waals surface area contributed by atoms with Crippen LogP contribution in [0.1, 0.15) is 22.3 Å². The van der Waals surface area contributed by atoms with Crippen LogP contribution in [0.15, 0.2) is 72.9 Å². The van der Waals surface area contributed by atoms with Crippen molar-refractivity contribution in [3.05, 3.63) is 101 Å². The predicted molar refractivity (Wildman–Crippen MR) is 109 cm³/mol. The molecule has 2 N–H and O–H groups in total. The zero-order chi connectivity index (χ0) is 20.9. The third kappa shape index (κ3) is 2.92. The van der Waals surface area contributed by atoms with Gasteiger partial charge in [0.05, 0.1) is 16.7 Å². The molecule has 3 aromatic carbocycles. The summed E-state index contributed by atoms with van der Waals surface area (Å²) in [4.78, 5) is 6.18. The largest absolute Gasteiger partial charge is 0.416 e. The highest BCUT2D eigenvalue weighted by Gasteiger charge is 2.31. The summed E-state index contributed by atoms with van der Waals surface area (Å²) in [5.74, 6) is -0.385. The van der Waals surface area contributed by atoms with Gasteiger partial charge in [0.2, 0.25) is 5.69 Å². The Morgan fingerprint density at radius 3 is 2.40 bits per heavy atom. The average Bonchev–Trinajstić information content (AvgIpc) is 3.34. The van der Waals surface area contributed by atoms with Crippen LogP contribution in [0.3, 0.4) is 0 Å². The number of hydrogen-bond acceptors (Lipinski definition) is 0. The highest BCUT2D eigenvalue weighted by Crippen LogP contribution is 2.39. The van der Waals surface area contributed by atoms with E-state index in [0.717, 1.165) is 34.2 Å². The Morgan fingerprint density at radius 2 is 1.63 bits per heavy atom. The Balaban J connectivity index is 1.79. The molecule has 5 rings (SSSR count). The molecule has 2 heterocycles. The SMILES string of the molecule is Fc1cccc2c1[NH+]=CC2=C(c1ccc(C(F)(F)F)cc1)c1c[nH]c2ccccc12. The van der Waals surface area contributed by atoms with Crippen molar-refractivity contribution < 1.29 is 22.6 Å². The molecule has 0 aliphatic carbocycles. The van der Waals surface area contributed by atoms with Gasteiger partial charge in [0.1, 0.15) is 0 Å². The second kappa shape index (κ2) is 6.69. The Bertz CT molecular complexity index is 1330. The van der Waals surface area contributed by atoms with Crippen molar-refractivity contribution in [3.63, 3.8) is 0 Å². The summed E-state index contributed by atoms with van der Waals surface area (Å²) < 4.78 is 53.5. The number of halogens is 4. The molecule has 0 fully saturated rings. The summed E-state index contributed by atoms with van der Waals surface area (Å²) in [7, 11) is 0. The summed E-state index contributed by atoms with van der Waals surface area (Å²) in [5.41, 5.74) is 4.09. The van der Waals surface area contributed by atoms with Crippen molar-refractivity contribution in [2.24, 2.45) is 0 Å². The summed E-state index contributed by atoms with van der Waals surface area (Å²) >= 11 is 0. The van der Waals surface area contributed by atoms with Crippen LogP contribution in [0.5, 0.6) is 0 Å². The molecule has 0 saturated heterocycles. The first-order valence-corrected chi connectivity index (χ1v) is 9.30. The van der Waals surface area contributed by atoms with E-state index in [-0.39, 0.29) is 5.82 Å². The van der Waals surface area contributed by atoms with Crippen LogP contribution < -0.4 is 4.99 Å². The first-order valence-electron chi connectivity index (χ1n) is 9.30. The van der Waals surface area contributed by atoms with Gasteiger partial charge in [-0.1, -0.05) is 36.4 Å². The Hall–Kier alpha value is -3.67. The van der Waals surface area contributed by atoms with E-state index in [2.05, 4.69) is 9.98 Å². The minimum absolute atomic E-state index is 0.358. The Labute approximate surface area is 169 Å². The molecular formula is C24H15F4N2+. The molecule has 0 amide bonds. The molecule has 1 aliphatic rings. The smallest absolute Gasteiger partial charge is 0.361 e. The Kier molecular flexibility index (Phi) is 4.10. The molecule has 148 valence electrons. The minimum atomic E-state index is -4.41. The molecular weight excluding hydrogens is 392 g/mol. The van der Waals surface area contributed by atoms with Gasteiger partial charge >= 0.3 is 6.18 Å². The van der Waals surface area contributed by atoms with Gasteiger partial charge in [-0.25, -0.2) is 4.99 Å². The third-order valence-electron chi connectivity index (χ3n) is 5.29. The molecule has 0 spiro atoms. The van der Waals surface area contributed by atoms with Crippen LogP contribution in [-0.4, -0.2) is 11.2 Å². The number of rotatable bonds is 2. The Morgan fingerprint density at radius 1 is 0.867 bits per heavy atom. The van der Waals surface area contributed by atoms with Crippen LogP contribution in [0.4, 0.5) is 23.2 Å². The van der Waals surface area contributed by atoms with E-state index in [9.17, 15) is 17.6 Å². The highest BCUT2D eigenvalue weighted by molar-refractivity contribution is 6.24. The second-order valence-corrected chi connectivity index (χ2v) is 7.06. The number of allylic oxidation sites excluding steroid dienone is 1. The fourth-order valence-corrected chi connectivity index (χ4v) is 3.88. The summed E-state index contributed by atoms with van der Waals surface area (Å²) in [6.07, 6.45) is -0.887. The molecule has 6 heteroatoms. The number of fused-ring (bicyclic) bond motifs is 2. The normalized spacial score (nSPS) is 14.9. The van der Waals surface area contributed by atoms with E-state index in [1.807, 2.05) is 30.5 Å². The quantitative estimate of drug-likeness (QED) is 0.434. The average molecular weight is 407 g/mol. The fraction of sp³-hybridized carbons (Fsp3) is 0.0417. The highest BCUT2D eigenvalue weighted by atomic mass is 19.4. The standard InChI is InChI=1S/C24H14F4N2/c25-20-6-3-5-17-19(13-30-23(17)20)22(14-8-10-15(11-9-14)24(26,27)28)18-12-29-21-7-2-1-4-16(18)21/h1-13,29H/p+1. The van der Waals surface area contributed by atoms with E-state index >= 15 is 0 Å². The van der Waals surface area contributed by atoms with Gasteiger partial charge in [-0.05, 0) is 35.9 Å². The molecule has 0 unspecified atom stereocenters. The lowest BCUT2D eigenvalue weighted by atomic mass is 9.89. The van der Waals surface area contributed by atoms with E-state index < -0.39 is 11.7 Å². The first kappa shape index (κ1) is 18.4. The van der Waals surface area contributed by atoms with E-state index in [0.29, 0.717) is 22.4 Å². The van der Waals surface area contributed by atoms with Crippen LogP contribution in [-0.2, 0) is 6.18 Å². The number of benzene rings is 3. The molecule has 0 radical (unpaired) electrons. The van der Waals surface area contributed by atoms with Gasteiger partial charge in [-0.2, -0.15) is 17.6 Å². The fourth-order valence-electron chi connectivity index (χ4n) is 3.88. The molecule has 30 heavy (non-hydrogen) atoms. The van der Waals surface area contributed by atoms with Crippen molar-refractivity contribution in [1.29, 1.82) is 0 Å². The van der Waals surface area contributed by atoms with Gasteiger partial charge in [0.25, 0.3) is 0 Å². The van der Waals surface area contributed by atoms with Crippen molar-refractivity contribution in [2.45, 2.75) is 6.18 Å². The molecule has 0 bridgehead atoms. The van der Waals surface area contributed by atoms with Crippen LogP contribution in [0, 0.1) is 5.82 Å². The van der Waals surface area contributed by atoms with E-state index in [4.69, 9.17) is 0 Å². The zero-order valence-electron chi connectivity index (χ0n) is 15.5. The van der Waals surface area contributed by atoms with Crippen molar-refractivity contribution in [1.82, 2.24) is 4.98 Å². The summed E-state index contributed by atoms with van der Waals surface area (Å²) in [6.45, 7) is 0. The number of hydrogen-bond donors (Lipinski definition) is 2. The first-order chi connectivity index (χ1) is 14.4. The van der Waals surface area contributed by atoms with Crippen LogP contribution >= 0.6 is 0 Å². The van der Waals surface area contributed by atoms with Gasteiger partial charge in [-0.15, -0.1) is 0 Å². The van der Waals surface area contributed by atoms with Gasteiger partial charge in [-0.3, -0.25) is 0 Å². The number of nitrogens with one attached hydrogen (secondary N) is 2. The maximum Gasteiger partial charge on any atom is 0.416 e. The molecule has 0 atom stereocenters. The molecule has 0 saturated carbocycles. The molecule has 1 aliphatic heterocycles. The third-order valence-corrected chi connectivity index (χ3v) is 5.29. The number of aromatic nitrogens is 1. The lowest BCUT2D eigenvalue weighted by Crippen LogP contribution is -2.59. The lowest BCUT2D eigenvalue weighted by Gasteiger charge is -2.12. The van der Waals surface area contributed by atoms with Crippen molar-refractivity contribution in [2.75, 3.05) is 0 Å². The number of para-hydroxylation sites is 2. The number of aromatic amines is 1. The van der Waals surface area contributed by atoms with E-state index in [1.54, 1.807) is 18.3 Å². The number of alkyl halides is 3. The maximum atomic E-state index is 14.3. The predicted octanol–water partition coefficient (Wildman–Crippen LogP) is 5.08. The number of H-pyrrole nitrogens is 1. The van der Waals surface area contributed by atoms with Crippen LogP contribution in [0.25, 0.3) is 22.0 Å². The zero-order valence-corrected chi connectivity index (χ0v) is 15.5. The lowest BCUT2D eigenvalue weighted by molar-refractivity contribution is -0.346. The van der Waals surface area contributed by atoms with Crippen molar-refractivity contribution >= 4 is 34.0 Å². The van der Waals surface area contributed by atoms with Gasteiger partial charge < -0.3 is 4.98 Å². The monoisotopic (exact) mass is 407 g/mol. The minimum Gasteiger partial charge on any atom is -0.361 e. The maximum absolute atomic E-state index is 14.3. The molecule has 1 aromatic heterocycles. The molecule has 2 nitrogen and oxygen atoms in total.